The van der Waals surface area contributed by atoms with Gasteiger partial charge in [-0.1, -0.05) is 75.8 Å². The van der Waals surface area contributed by atoms with Crippen LogP contribution in [0.5, 0.6) is 0 Å². The van der Waals surface area contributed by atoms with Crippen LogP contribution < -0.4 is 5.43 Å². The Morgan fingerprint density at radius 1 is 0.833 bits per heavy atom. The molecule has 0 aromatic heterocycles. The first kappa shape index (κ1) is 24.5. The van der Waals surface area contributed by atoms with Gasteiger partial charge in [0.25, 0.3) is 11.8 Å². The monoisotopic (exact) mass is 492 g/mol. The smallest absolute Gasteiger partial charge is 0.298 e. The minimum absolute atomic E-state index is 0.0260. The van der Waals surface area contributed by atoms with E-state index in [9.17, 15) is 19.2 Å². The van der Waals surface area contributed by atoms with E-state index in [1.165, 1.54) is 9.80 Å². The second kappa shape index (κ2) is 10.4. The summed E-state index contributed by atoms with van der Waals surface area (Å²) in [5, 5.41) is 1.55. The van der Waals surface area contributed by atoms with Gasteiger partial charge in [-0.05, 0) is 31.2 Å². The number of nitrogens with zero attached hydrogens (tertiary/aromatic N) is 3. The number of urea groups is 1. The van der Waals surface area contributed by atoms with Crippen LogP contribution in [0.4, 0.5) is 4.79 Å². The molecule has 2 aliphatic carbocycles. The Balaban J connectivity index is 1.56. The molecule has 0 spiro atoms. The van der Waals surface area contributed by atoms with Crippen molar-refractivity contribution in [1.82, 2.24) is 20.2 Å². The highest BCUT2D eigenvalue weighted by molar-refractivity contribution is 6.29. The lowest BCUT2D eigenvalue weighted by Crippen LogP contribution is -2.62. The van der Waals surface area contributed by atoms with Crippen LogP contribution in [-0.4, -0.2) is 50.6 Å². The summed E-state index contributed by atoms with van der Waals surface area (Å²) >= 11 is 0. The number of hydrogen-bond donors (Lipinski definition) is 1. The Hall–Kier alpha value is -3.16. The van der Waals surface area contributed by atoms with Crippen molar-refractivity contribution in [3.8, 4) is 0 Å². The molecule has 2 aliphatic heterocycles. The topological polar surface area (TPSA) is 90.0 Å². The molecule has 1 unspecified atom stereocenters. The Morgan fingerprint density at radius 3 is 1.86 bits per heavy atom. The number of hydrazine groups is 1. The Morgan fingerprint density at radius 2 is 1.36 bits per heavy atom. The normalized spacial score (nSPS) is 24.5. The zero-order valence-corrected chi connectivity index (χ0v) is 21.1. The van der Waals surface area contributed by atoms with Crippen LogP contribution in [0.2, 0.25) is 0 Å². The van der Waals surface area contributed by atoms with E-state index in [0.29, 0.717) is 18.5 Å². The number of carbonyl (C=O) groups is 4. The lowest BCUT2D eigenvalue weighted by Gasteiger charge is -2.43. The summed E-state index contributed by atoms with van der Waals surface area (Å²) in [4.78, 5) is 57.1. The van der Waals surface area contributed by atoms with E-state index >= 15 is 0 Å². The number of rotatable bonds is 4. The van der Waals surface area contributed by atoms with E-state index in [2.05, 4.69) is 5.43 Å². The fraction of sp³-hybridized carbons (Fsp3) is 0.571. The van der Waals surface area contributed by atoms with Crippen molar-refractivity contribution in [1.29, 1.82) is 0 Å². The molecule has 8 nitrogen and oxygen atoms in total. The van der Waals surface area contributed by atoms with Crippen LogP contribution >= 0.6 is 0 Å². The molecule has 0 radical (unpaired) electrons. The van der Waals surface area contributed by atoms with Crippen molar-refractivity contribution < 1.29 is 19.2 Å². The molecule has 4 fully saturated rings. The second-order valence-electron chi connectivity index (χ2n) is 10.4. The van der Waals surface area contributed by atoms with Gasteiger partial charge in [-0.3, -0.25) is 29.6 Å². The van der Waals surface area contributed by atoms with Crippen LogP contribution in [0.25, 0.3) is 0 Å². The molecule has 192 valence electrons. The molecule has 2 saturated heterocycles. The molecular formula is C28H36N4O4. The van der Waals surface area contributed by atoms with Gasteiger partial charge in [-0.15, -0.1) is 0 Å². The second-order valence-corrected chi connectivity index (χ2v) is 10.4. The number of barbiturate groups is 1. The summed E-state index contributed by atoms with van der Waals surface area (Å²) in [5.41, 5.74) is 4.54. The number of benzene rings is 1. The zero-order chi connectivity index (χ0) is 25.2. The van der Waals surface area contributed by atoms with Crippen LogP contribution in [0, 0.1) is 0 Å². The Kier molecular flexibility index (Phi) is 7.12. The van der Waals surface area contributed by atoms with Gasteiger partial charge >= 0.3 is 6.03 Å². The summed E-state index contributed by atoms with van der Waals surface area (Å²) < 4.78 is 0. The molecule has 1 aromatic rings. The van der Waals surface area contributed by atoms with Gasteiger partial charge < -0.3 is 0 Å². The van der Waals surface area contributed by atoms with Gasteiger partial charge in [0.1, 0.15) is 5.57 Å². The van der Waals surface area contributed by atoms with Crippen molar-refractivity contribution in [2.24, 2.45) is 0 Å². The number of nitrogens with one attached hydrogen (secondary N) is 1. The number of amides is 5. The third-order valence-corrected chi connectivity index (χ3v) is 8.18. The van der Waals surface area contributed by atoms with Gasteiger partial charge in [0, 0.05) is 24.9 Å². The minimum Gasteiger partial charge on any atom is -0.298 e. The van der Waals surface area contributed by atoms with Crippen molar-refractivity contribution >= 4 is 23.8 Å². The molecule has 36 heavy (non-hydrogen) atoms. The van der Waals surface area contributed by atoms with Gasteiger partial charge in [-0.25, -0.2) is 9.80 Å². The van der Waals surface area contributed by atoms with Crippen molar-refractivity contribution in [2.75, 3.05) is 0 Å². The van der Waals surface area contributed by atoms with Gasteiger partial charge in [0.15, 0.2) is 0 Å². The molecule has 1 N–H and O–H groups in total. The van der Waals surface area contributed by atoms with E-state index in [1.54, 1.807) is 11.9 Å². The fourth-order valence-electron chi connectivity index (χ4n) is 6.26. The molecule has 5 rings (SSSR count). The first-order valence-corrected chi connectivity index (χ1v) is 13.6. The molecule has 4 aliphatic rings. The summed E-state index contributed by atoms with van der Waals surface area (Å²) in [6.07, 6.45) is 9.78. The standard InChI is InChI=1S/C28H36N4O4/c1-2-24(33)32-23(19-12-6-3-7-13-19)18-22(29-32)25-26(34)30(20-14-8-4-9-15-20)28(36)31(27(25)35)21-16-10-5-11-17-21/h3,6-7,12-13,20-21,23,29H,2,4-5,8-11,14-18H2,1H3. The predicted octanol–water partition coefficient (Wildman–Crippen LogP) is 4.58. The molecule has 1 aromatic carbocycles. The number of carbonyl (C=O) groups excluding carboxylic acids is 4. The quantitative estimate of drug-likeness (QED) is 0.491. The zero-order valence-electron chi connectivity index (χ0n) is 21.1. The summed E-state index contributed by atoms with van der Waals surface area (Å²) in [6.45, 7) is 1.79. The van der Waals surface area contributed by atoms with Crippen LogP contribution in [0.1, 0.15) is 95.6 Å². The van der Waals surface area contributed by atoms with Crippen LogP contribution in [0.15, 0.2) is 41.6 Å². The highest BCUT2D eigenvalue weighted by atomic mass is 16.2. The maximum atomic E-state index is 13.9. The number of imide groups is 2. The summed E-state index contributed by atoms with van der Waals surface area (Å²) in [5.74, 6) is -1.13. The highest BCUT2D eigenvalue weighted by Crippen LogP contribution is 2.38. The molecule has 2 saturated carbocycles. The largest absolute Gasteiger partial charge is 0.334 e. The van der Waals surface area contributed by atoms with Crippen molar-refractivity contribution in [2.45, 2.75) is 102 Å². The first-order valence-electron chi connectivity index (χ1n) is 13.6. The average molecular weight is 493 g/mol. The van der Waals surface area contributed by atoms with E-state index < -0.39 is 17.8 Å². The third kappa shape index (κ3) is 4.42. The van der Waals surface area contributed by atoms with E-state index in [0.717, 1.165) is 69.8 Å². The lowest BCUT2D eigenvalue weighted by atomic mass is 9.90. The summed E-state index contributed by atoms with van der Waals surface area (Å²) in [7, 11) is 0. The molecule has 8 heteroatoms. The minimum atomic E-state index is -0.510. The van der Waals surface area contributed by atoms with E-state index in [1.807, 2.05) is 30.3 Å². The Bertz CT molecular complexity index is 1010. The van der Waals surface area contributed by atoms with Gasteiger partial charge in [0.2, 0.25) is 5.91 Å². The van der Waals surface area contributed by atoms with E-state index in [-0.39, 0.29) is 29.6 Å². The molecule has 1 atom stereocenters. The van der Waals surface area contributed by atoms with Crippen LogP contribution in [0.3, 0.4) is 0 Å². The van der Waals surface area contributed by atoms with Crippen molar-refractivity contribution in [3.05, 3.63) is 47.2 Å². The van der Waals surface area contributed by atoms with Crippen LogP contribution in [-0.2, 0) is 14.4 Å². The van der Waals surface area contributed by atoms with E-state index in [4.69, 9.17) is 0 Å². The maximum Gasteiger partial charge on any atom is 0.334 e. The maximum absolute atomic E-state index is 13.9. The number of hydrogen-bond acceptors (Lipinski definition) is 5. The van der Waals surface area contributed by atoms with Gasteiger partial charge in [-0.2, -0.15) is 0 Å². The highest BCUT2D eigenvalue weighted by Gasteiger charge is 2.50. The molecule has 2 heterocycles. The van der Waals surface area contributed by atoms with Crippen molar-refractivity contribution in [3.63, 3.8) is 0 Å². The SMILES string of the molecule is CCC(=O)N1NC(=C2C(=O)N(C3CCCCC3)C(=O)N(C3CCCCC3)C2=O)CC1c1ccccc1. The Labute approximate surface area is 212 Å². The molecule has 0 bridgehead atoms. The average Bonchev–Trinajstić information content (AvgIpc) is 3.35. The first-order chi connectivity index (χ1) is 17.5. The fourth-order valence-corrected chi connectivity index (χ4v) is 6.26. The predicted molar refractivity (Wildman–Crippen MR) is 134 cm³/mol. The molecular weight excluding hydrogens is 456 g/mol. The molecule has 5 amide bonds. The lowest BCUT2D eigenvalue weighted by molar-refractivity contribution is -0.140. The summed E-state index contributed by atoms with van der Waals surface area (Å²) in [6, 6.07) is 8.50. The van der Waals surface area contributed by atoms with Gasteiger partial charge in [0.05, 0.1) is 11.7 Å². The third-order valence-electron chi connectivity index (χ3n) is 8.18.